The molecule has 9 heteroatoms. The highest BCUT2D eigenvalue weighted by Crippen LogP contribution is 2.42. The van der Waals surface area contributed by atoms with Crippen LogP contribution in [0.1, 0.15) is 22.3 Å². The van der Waals surface area contributed by atoms with E-state index >= 15 is 0 Å². The fourth-order valence-electron chi connectivity index (χ4n) is 2.53. The van der Waals surface area contributed by atoms with Gasteiger partial charge in [-0.3, -0.25) is 4.79 Å². The van der Waals surface area contributed by atoms with Gasteiger partial charge in [-0.1, -0.05) is 35.9 Å². The van der Waals surface area contributed by atoms with Crippen LogP contribution in [0.25, 0.3) is 0 Å². The Morgan fingerprint density at radius 1 is 1.15 bits per heavy atom. The summed E-state index contributed by atoms with van der Waals surface area (Å²) in [5.41, 5.74) is -3.82. The number of amides is 1. The highest BCUT2D eigenvalue weighted by Gasteiger charge is 2.63. The van der Waals surface area contributed by atoms with Gasteiger partial charge in [-0.25, -0.2) is 4.39 Å². The number of halogens is 5. The molecule has 1 unspecified atom stereocenters. The van der Waals surface area contributed by atoms with E-state index in [-0.39, 0.29) is 26.9 Å². The summed E-state index contributed by atoms with van der Waals surface area (Å²) in [5.74, 6) is -1.78. The topological polar surface area (TPSA) is 52.9 Å². The number of hydrogen-bond acceptors (Lipinski definition) is 3. The summed E-state index contributed by atoms with van der Waals surface area (Å²) in [6.45, 7) is 0. The SMILES string of the molecule is O=C(c1ccccc1Cl)N1N=C(c2ccc(F)cc2)CC1(O)C(F)(F)F. The number of nitrogens with zero attached hydrogens (tertiary/aromatic N) is 2. The molecule has 0 aliphatic carbocycles. The van der Waals surface area contributed by atoms with Crippen LogP contribution in [0.2, 0.25) is 5.02 Å². The van der Waals surface area contributed by atoms with Crippen LogP contribution in [0.15, 0.2) is 53.6 Å². The van der Waals surface area contributed by atoms with Crippen LogP contribution in [0, 0.1) is 5.82 Å². The fraction of sp³-hybridized carbons (Fsp3) is 0.176. The predicted octanol–water partition coefficient (Wildman–Crippen LogP) is 3.98. The van der Waals surface area contributed by atoms with Crippen LogP contribution in [-0.4, -0.2) is 33.6 Å². The molecule has 0 radical (unpaired) electrons. The first-order valence-corrected chi connectivity index (χ1v) is 7.73. The molecular formula is C17H11ClF4N2O2. The minimum absolute atomic E-state index is 0.0209. The lowest BCUT2D eigenvalue weighted by atomic mass is 10.0. The molecule has 4 nitrogen and oxygen atoms in total. The Hall–Kier alpha value is -2.45. The quantitative estimate of drug-likeness (QED) is 0.794. The van der Waals surface area contributed by atoms with Crippen LogP contribution in [0.4, 0.5) is 17.6 Å². The lowest BCUT2D eigenvalue weighted by molar-refractivity contribution is -0.297. The van der Waals surface area contributed by atoms with Crippen molar-refractivity contribution in [3.05, 3.63) is 70.5 Å². The molecule has 0 saturated heterocycles. The molecule has 0 fully saturated rings. The van der Waals surface area contributed by atoms with Crippen molar-refractivity contribution in [3.63, 3.8) is 0 Å². The van der Waals surface area contributed by atoms with Crippen LogP contribution < -0.4 is 0 Å². The number of alkyl halides is 3. The van der Waals surface area contributed by atoms with Gasteiger partial charge in [0.05, 0.1) is 22.7 Å². The summed E-state index contributed by atoms with van der Waals surface area (Å²) in [4.78, 5) is 12.6. The highest BCUT2D eigenvalue weighted by atomic mass is 35.5. The van der Waals surface area contributed by atoms with Gasteiger partial charge < -0.3 is 5.11 Å². The van der Waals surface area contributed by atoms with Gasteiger partial charge in [0.1, 0.15) is 5.82 Å². The molecule has 1 N–H and O–H groups in total. The molecule has 0 spiro atoms. The maximum atomic E-state index is 13.5. The summed E-state index contributed by atoms with van der Waals surface area (Å²) in [5, 5.41) is 13.8. The molecule has 1 atom stereocenters. The predicted molar refractivity (Wildman–Crippen MR) is 86.2 cm³/mol. The second kappa shape index (κ2) is 6.37. The van der Waals surface area contributed by atoms with Crippen LogP contribution in [-0.2, 0) is 0 Å². The molecular weight excluding hydrogens is 376 g/mol. The zero-order valence-corrected chi connectivity index (χ0v) is 13.7. The molecule has 1 amide bonds. The number of carbonyl (C=O) groups is 1. The minimum atomic E-state index is -5.17. The van der Waals surface area contributed by atoms with E-state index in [1.165, 1.54) is 36.4 Å². The maximum Gasteiger partial charge on any atom is 0.438 e. The van der Waals surface area contributed by atoms with Crippen LogP contribution in [0.5, 0.6) is 0 Å². The second-order valence-corrected chi connectivity index (χ2v) is 6.05. The van der Waals surface area contributed by atoms with Gasteiger partial charge in [0.2, 0.25) is 0 Å². The Bertz CT molecular complexity index is 883. The van der Waals surface area contributed by atoms with Crippen molar-refractivity contribution < 1.29 is 27.5 Å². The molecule has 0 bridgehead atoms. The van der Waals surface area contributed by atoms with E-state index in [0.29, 0.717) is 0 Å². The Balaban J connectivity index is 2.07. The summed E-state index contributed by atoms with van der Waals surface area (Å²) in [6.07, 6.45) is -6.16. The zero-order valence-electron chi connectivity index (χ0n) is 13.0. The normalized spacial score (nSPS) is 20.2. The molecule has 136 valence electrons. The first-order valence-electron chi connectivity index (χ1n) is 7.35. The van der Waals surface area contributed by atoms with Gasteiger partial charge in [-0.15, -0.1) is 0 Å². The Labute approximate surface area is 150 Å². The number of carbonyl (C=O) groups excluding carboxylic acids is 1. The first-order chi connectivity index (χ1) is 12.1. The van der Waals surface area contributed by atoms with Gasteiger partial charge in [-0.2, -0.15) is 23.3 Å². The number of aliphatic hydroxyl groups is 1. The average Bonchev–Trinajstić information content (AvgIpc) is 2.94. The third-order valence-corrected chi connectivity index (χ3v) is 4.24. The van der Waals surface area contributed by atoms with E-state index in [9.17, 15) is 27.5 Å². The number of hydrogen-bond donors (Lipinski definition) is 1. The van der Waals surface area contributed by atoms with Crippen molar-refractivity contribution in [2.24, 2.45) is 5.10 Å². The van der Waals surface area contributed by atoms with Crippen molar-refractivity contribution in [2.45, 2.75) is 18.3 Å². The molecule has 2 aromatic rings. The third kappa shape index (κ3) is 3.06. The monoisotopic (exact) mass is 386 g/mol. The molecule has 1 heterocycles. The average molecular weight is 387 g/mol. The molecule has 26 heavy (non-hydrogen) atoms. The Kier molecular flexibility index (Phi) is 4.49. The van der Waals surface area contributed by atoms with Gasteiger partial charge in [0.15, 0.2) is 0 Å². The van der Waals surface area contributed by atoms with Gasteiger partial charge >= 0.3 is 6.18 Å². The van der Waals surface area contributed by atoms with E-state index in [1.54, 1.807) is 0 Å². The summed E-state index contributed by atoms with van der Waals surface area (Å²) >= 11 is 5.88. The maximum absolute atomic E-state index is 13.5. The lowest BCUT2D eigenvalue weighted by Crippen LogP contribution is -2.56. The second-order valence-electron chi connectivity index (χ2n) is 5.64. The lowest BCUT2D eigenvalue weighted by Gasteiger charge is -2.32. The third-order valence-electron chi connectivity index (χ3n) is 3.91. The summed E-state index contributed by atoms with van der Waals surface area (Å²) < 4.78 is 53.6. The van der Waals surface area contributed by atoms with Crippen molar-refractivity contribution >= 4 is 23.2 Å². The standard InChI is InChI=1S/C17H11ClF4N2O2/c18-13-4-2-1-3-12(13)15(25)24-16(26,17(20,21)22)9-14(23-24)10-5-7-11(19)8-6-10/h1-8,26H,9H2. The molecule has 1 aliphatic rings. The summed E-state index contributed by atoms with van der Waals surface area (Å²) in [6, 6.07) is 10.0. The minimum Gasteiger partial charge on any atom is -0.362 e. The first kappa shape index (κ1) is 18.3. The zero-order chi connectivity index (χ0) is 19.1. The van der Waals surface area contributed by atoms with Crippen molar-refractivity contribution in [1.29, 1.82) is 0 Å². The van der Waals surface area contributed by atoms with Gasteiger partial charge in [0.25, 0.3) is 11.6 Å². The van der Waals surface area contributed by atoms with Gasteiger partial charge in [-0.05, 0) is 29.8 Å². The van der Waals surface area contributed by atoms with E-state index < -0.39 is 30.0 Å². The molecule has 3 rings (SSSR count). The van der Waals surface area contributed by atoms with Crippen LogP contribution in [0.3, 0.4) is 0 Å². The Morgan fingerprint density at radius 3 is 2.35 bits per heavy atom. The van der Waals surface area contributed by atoms with Crippen molar-refractivity contribution in [1.82, 2.24) is 5.01 Å². The smallest absolute Gasteiger partial charge is 0.362 e. The van der Waals surface area contributed by atoms with E-state index in [1.807, 2.05) is 0 Å². The van der Waals surface area contributed by atoms with Crippen molar-refractivity contribution in [2.75, 3.05) is 0 Å². The molecule has 0 saturated carbocycles. The van der Waals surface area contributed by atoms with E-state index in [4.69, 9.17) is 11.6 Å². The summed E-state index contributed by atoms with van der Waals surface area (Å²) in [7, 11) is 0. The fourth-order valence-corrected chi connectivity index (χ4v) is 2.75. The van der Waals surface area contributed by atoms with Gasteiger partial charge in [0, 0.05) is 0 Å². The largest absolute Gasteiger partial charge is 0.438 e. The molecule has 2 aromatic carbocycles. The molecule has 0 aromatic heterocycles. The number of rotatable bonds is 2. The van der Waals surface area contributed by atoms with Crippen LogP contribution >= 0.6 is 11.6 Å². The number of benzene rings is 2. The number of hydrazone groups is 1. The Morgan fingerprint density at radius 2 is 1.77 bits per heavy atom. The molecule has 1 aliphatic heterocycles. The van der Waals surface area contributed by atoms with Crippen molar-refractivity contribution in [3.8, 4) is 0 Å². The van der Waals surface area contributed by atoms with E-state index in [2.05, 4.69) is 5.10 Å². The van der Waals surface area contributed by atoms with E-state index in [0.717, 1.165) is 12.1 Å². The highest BCUT2D eigenvalue weighted by molar-refractivity contribution is 6.33.